The van der Waals surface area contributed by atoms with E-state index in [1.54, 1.807) is 30.7 Å². The number of hydrogen-bond acceptors (Lipinski definition) is 5. The summed E-state index contributed by atoms with van der Waals surface area (Å²) in [5, 5.41) is 6.75. The van der Waals surface area contributed by atoms with Gasteiger partial charge in [0.05, 0.1) is 11.8 Å². The summed E-state index contributed by atoms with van der Waals surface area (Å²) in [4.78, 5) is 23.4. The van der Waals surface area contributed by atoms with Gasteiger partial charge in [0.1, 0.15) is 17.3 Å². The molecular formula is C20H20FN5O2. The Hall–Kier alpha value is -3.29. The standard InChI is InChI=1S/C20H20FN5O2/c1-13-17(11-24-25-13)20(27)26-10-2-3-14(12-26)18-19(23-9-8-22-18)28-16-6-4-15(21)5-7-16/h4-9,11,14H,2-3,10,12H2,1H3,(H,24,25)/t14-/m0/s1. The Morgan fingerprint density at radius 3 is 2.79 bits per heavy atom. The number of aryl methyl sites for hydroxylation is 1. The molecule has 8 heteroatoms. The molecule has 1 aliphatic rings. The zero-order valence-corrected chi connectivity index (χ0v) is 15.4. The summed E-state index contributed by atoms with van der Waals surface area (Å²) < 4.78 is 19.0. The van der Waals surface area contributed by atoms with E-state index in [-0.39, 0.29) is 17.6 Å². The highest BCUT2D eigenvalue weighted by molar-refractivity contribution is 5.95. The van der Waals surface area contributed by atoms with Crippen LogP contribution in [0.4, 0.5) is 4.39 Å². The van der Waals surface area contributed by atoms with Crippen molar-refractivity contribution in [2.45, 2.75) is 25.7 Å². The number of hydrogen-bond donors (Lipinski definition) is 1. The largest absolute Gasteiger partial charge is 0.437 e. The zero-order chi connectivity index (χ0) is 19.5. The molecule has 1 saturated heterocycles. The van der Waals surface area contributed by atoms with Crippen LogP contribution in [-0.2, 0) is 0 Å². The van der Waals surface area contributed by atoms with Gasteiger partial charge in [-0.05, 0) is 44.0 Å². The Morgan fingerprint density at radius 2 is 2.04 bits per heavy atom. The second-order valence-corrected chi connectivity index (χ2v) is 6.80. The van der Waals surface area contributed by atoms with Crippen LogP contribution in [0.1, 0.15) is 40.5 Å². The summed E-state index contributed by atoms with van der Waals surface area (Å²) in [7, 11) is 0. The molecule has 0 radical (unpaired) electrons. The van der Waals surface area contributed by atoms with Crippen molar-refractivity contribution < 1.29 is 13.9 Å². The van der Waals surface area contributed by atoms with Gasteiger partial charge in [0.2, 0.25) is 5.88 Å². The quantitative estimate of drug-likeness (QED) is 0.748. The molecule has 28 heavy (non-hydrogen) atoms. The summed E-state index contributed by atoms with van der Waals surface area (Å²) in [6.07, 6.45) is 6.48. The summed E-state index contributed by atoms with van der Waals surface area (Å²) in [5.74, 6) is 0.506. The number of aromatic amines is 1. The highest BCUT2D eigenvalue weighted by atomic mass is 19.1. The van der Waals surface area contributed by atoms with E-state index in [0.29, 0.717) is 36.0 Å². The van der Waals surface area contributed by atoms with Crippen LogP contribution in [0, 0.1) is 12.7 Å². The van der Waals surface area contributed by atoms with Gasteiger partial charge in [0.25, 0.3) is 5.91 Å². The average Bonchev–Trinajstić information content (AvgIpc) is 3.15. The van der Waals surface area contributed by atoms with E-state index in [4.69, 9.17) is 4.74 Å². The minimum absolute atomic E-state index is 0.00838. The molecule has 2 aromatic heterocycles. The van der Waals surface area contributed by atoms with Crippen LogP contribution in [0.2, 0.25) is 0 Å². The first-order chi connectivity index (χ1) is 13.6. The Balaban J connectivity index is 1.54. The maximum atomic E-state index is 13.1. The summed E-state index contributed by atoms with van der Waals surface area (Å²) in [6.45, 7) is 3.05. The van der Waals surface area contributed by atoms with Gasteiger partial charge in [0, 0.05) is 37.1 Å². The van der Waals surface area contributed by atoms with Crippen molar-refractivity contribution in [3.05, 3.63) is 65.6 Å². The molecule has 1 aromatic carbocycles. The lowest BCUT2D eigenvalue weighted by molar-refractivity contribution is 0.0704. The van der Waals surface area contributed by atoms with E-state index in [1.807, 2.05) is 11.8 Å². The van der Waals surface area contributed by atoms with Crippen LogP contribution in [0.25, 0.3) is 0 Å². The number of aromatic nitrogens is 4. The predicted molar refractivity (Wildman–Crippen MR) is 99.7 cm³/mol. The Bertz CT molecular complexity index is 973. The third kappa shape index (κ3) is 3.71. The summed E-state index contributed by atoms with van der Waals surface area (Å²) >= 11 is 0. The molecule has 1 aliphatic heterocycles. The van der Waals surface area contributed by atoms with Crippen LogP contribution in [0.3, 0.4) is 0 Å². The van der Waals surface area contributed by atoms with Crippen molar-refractivity contribution in [3.8, 4) is 11.6 Å². The van der Waals surface area contributed by atoms with Crippen molar-refractivity contribution in [2.24, 2.45) is 0 Å². The predicted octanol–water partition coefficient (Wildman–Crippen LogP) is 3.46. The Labute approximate surface area is 161 Å². The molecule has 1 fully saturated rings. The third-order valence-electron chi connectivity index (χ3n) is 4.87. The molecule has 7 nitrogen and oxygen atoms in total. The fraction of sp³-hybridized carbons (Fsp3) is 0.300. The minimum atomic E-state index is -0.331. The number of H-pyrrole nitrogens is 1. The number of nitrogens with zero attached hydrogens (tertiary/aromatic N) is 4. The van der Waals surface area contributed by atoms with Gasteiger partial charge < -0.3 is 9.64 Å². The number of ether oxygens (including phenoxy) is 1. The van der Waals surface area contributed by atoms with Crippen LogP contribution in [-0.4, -0.2) is 44.1 Å². The molecule has 0 unspecified atom stereocenters. The number of benzene rings is 1. The minimum Gasteiger partial charge on any atom is -0.437 e. The molecule has 3 aromatic rings. The molecule has 1 amide bonds. The second kappa shape index (κ2) is 7.75. The number of nitrogens with one attached hydrogen (secondary N) is 1. The van der Waals surface area contributed by atoms with E-state index < -0.39 is 0 Å². The van der Waals surface area contributed by atoms with Gasteiger partial charge in [-0.3, -0.25) is 14.9 Å². The van der Waals surface area contributed by atoms with Gasteiger partial charge in [0.15, 0.2) is 0 Å². The Morgan fingerprint density at radius 1 is 1.25 bits per heavy atom. The van der Waals surface area contributed by atoms with Gasteiger partial charge >= 0.3 is 0 Å². The van der Waals surface area contributed by atoms with Gasteiger partial charge in [-0.2, -0.15) is 5.10 Å². The first-order valence-corrected chi connectivity index (χ1v) is 9.15. The van der Waals surface area contributed by atoms with Gasteiger partial charge in [-0.15, -0.1) is 0 Å². The van der Waals surface area contributed by atoms with Crippen LogP contribution in [0.15, 0.2) is 42.9 Å². The van der Waals surface area contributed by atoms with Crippen molar-refractivity contribution >= 4 is 5.91 Å². The van der Waals surface area contributed by atoms with Gasteiger partial charge in [-0.25, -0.2) is 9.37 Å². The molecule has 4 rings (SSSR count). The molecule has 0 bridgehead atoms. The monoisotopic (exact) mass is 381 g/mol. The second-order valence-electron chi connectivity index (χ2n) is 6.80. The summed E-state index contributed by atoms with van der Waals surface area (Å²) in [6, 6.07) is 5.76. The maximum Gasteiger partial charge on any atom is 0.257 e. The van der Waals surface area contributed by atoms with Crippen LogP contribution >= 0.6 is 0 Å². The number of amides is 1. The topological polar surface area (TPSA) is 84.0 Å². The van der Waals surface area contributed by atoms with Crippen molar-refractivity contribution in [1.82, 2.24) is 25.1 Å². The highest BCUT2D eigenvalue weighted by Gasteiger charge is 2.29. The van der Waals surface area contributed by atoms with E-state index in [0.717, 1.165) is 18.5 Å². The van der Waals surface area contributed by atoms with E-state index in [9.17, 15) is 9.18 Å². The maximum absolute atomic E-state index is 13.1. The fourth-order valence-corrected chi connectivity index (χ4v) is 3.43. The molecule has 0 saturated carbocycles. The number of halogens is 1. The lowest BCUT2D eigenvalue weighted by atomic mass is 9.94. The van der Waals surface area contributed by atoms with E-state index >= 15 is 0 Å². The lowest BCUT2D eigenvalue weighted by Gasteiger charge is -2.32. The molecule has 0 aliphatic carbocycles. The number of carbonyl (C=O) groups is 1. The number of rotatable bonds is 4. The Kier molecular flexibility index (Phi) is 5.01. The van der Waals surface area contributed by atoms with Gasteiger partial charge in [-0.1, -0.05) is 0 Å². The SMILES string of the molecule is Cc1[nH]ncc1C(=O)N1CCC[C@H](c2nccnc2Oc2ccc(F)cc2)C1. The lowest BCUT2D eigenvalue weighted by Crippen LogP contribution is -2.39. The van der Waals surface area contributed by atoms with E-state index in [1.165, 1.54) is 12.1 Å². The van der Waals surface area contributed by atoms with Crippen LogP contribution < -0.4 is 4.74 Å². The number of carbonyl (C=O) groups excluding carboxylic acids is 1. The first kappa shape index (κ1) is 18.1. The first-order valence-electron chi connectivity index (χ1n) is 9.15. The molecule has 144 valence electrons. The normalized spacial score (nSPS) is 16.8. The van der Waals surface area contributed by atoms with Crippen molar-refractivity contribution in [3.63, 3.8) is 0 Å². The molecule has 3 heterocycles. The molecule has 1 atom stereocenters. The fourth-order valence-electron chi connectivity index (χ4n) is 3.43. The third-order valence-corrected chi connectivity index (χ3v) is 4.87. The van der Waals surface area contributed by atoms with E-state index in [2.05, 4.69) is 20.2 Å². The smallest absolute Gasteiger partial charge is 0.257 e. The summed E-state index contributed by atoms with van der Waals surface area (Å²) in [5.41, 5.74) is 2.04. The van der Waals surface area contributed by atoms with Crippen LogP contribution in [0.5, 0.6) is 11.6 Å². The molecular weight excluding hydrogens is 361 g/mol. The average molecular weight is 381 g/mol. The highest BCUT2D eigenvalue weighted by Crippen LogP contribution is 2.33. The zero-order valence-electron chi connectivity index (χ0n) is 15.4. The molecule has 1 N–H and O–H groups in total. The molecule has 0 spiro atoms. The van der Waals surface area contributed by atoms with Crippen molar-refractivity contribution in [2.75, 3.05) is 13.1 Å². The number of likely N-dealkylation sites (tertiary alicyclic amines) is 1. The van der Waals surface area contributed by atoms with Crippen molar-refractivity contribution in [1.29, 1.82) is 0 Å². The number of piperidine rings is 1.